The molecule has 0 heterocycles. The Morgan fingerprint density at radius 3 is 2.95 bits per heavy atom. The summed E-state index contributed by atoms with van der Waals surface area (Å²) in [6, 6.07) is 6.09. The molecule has 0 atom stereocenters. The zero-order valence-corrected chi connectivity index (χ0v) is 13.0. The fourth-order valence-corrected chi connectivity index (χ4v) is 2.04. The summed E-state index contributed by atoms with van der Waals surface area (Å²) < 4.78 is 11.9. The molecule has 0 aromatic heterocycles. The van der Waals surface area contributed by atoms with E-state index in [0.717, 1.165) is 48.3 Å². The number of benzene rings is 1. The van der Waals surface area contributed by atoms with Gasteiger partial charge in [0.2, 0.25) is 0 Å². The minimum absolute atomic E-state index is 0.712. The zero-order chi connectivity index (χ0) is 13.9. The van der Waals surface area contributed by atoms with Crippen LogP contribution in [0.15, 0.2) is 35.3 Å². The van der Waals surface area contributed by atoms with Gasteiger partial charge in [-0.05, 0) is 31.0 Å². The topological polar surface area (TPSA) is 30.5 Å². The maximum Gasteiger partial charge on any atom is 0.123 e. The number of unbranched alkanes of at least 4 members (excludes halogenated alkanes) is 1. The molecule has 1 aromatic rings. The highest BCUT2D eigenvalue weighted by Gasteiger charge is 2.04. The monoisotopic (exact) mass is 327 g/mol. The Morgan fingerprint density at radius 2 is 2.21 bits per heavy atom. The van der Waals surface area contributed by atoms with Crippen molar-refractivity contribution in [2.45, 2.75) is 19.4 Å². The van der Waals surface area contributed by atoms with Gasteiger partial charge in [0.1, 0.15) is 5.75 Å². The van der Waals surface area contributed by atoms with Gasteiger partial charge < -0.3 is 14.8 Å². The highest BCUT2D eigenvalue weighted by atomic mass is 79.9. The summed E-state index contributed by atoms with van der Waals surface area (Å²) in [5.74, 6) is 0.942. The summed E-state index contributed by atoms with van der Waals surface area (Å²) in [6.07, 6.45) is 3.90. The molecule has 1 rings (SSSR count). The number of ether oxygens (including phenoxy) is 2. The average Bonchev–Trinajstić information content (AvgIpc) is 2.41. The van der Waals surface area contributed by atoms with Crippen molar-refractivity contribution in [3.63, 3.8) is 0 Å². The SMILES string of the molecule is C=CCCCOc1ccc(Br)cc1CNCCOC. The second-order valence-electron chi connectivity index (χ2n) is 4.20. The van der Waals surface area contributed by atoms with Gasteiger partial charge in [0.25, 0.3) is 0 Å². The van der Waals surface area contributed by atoms with Gasteiger partial charge in [0, 0.05) is 30.2 Å². The summed E-state index contributed by atoms with van der Waals surface area (Å²) in [7, 11) is 1.70. The predicted octanol–water partition coefficient (Wildman–Crippen LogP) is 3.53. The molecule has 0 unspecified atom stereocenters. The molecule has 0 aliphatic rings. The van der Waals surface area contributed by atoms with Gasteiger partial charge in [0.15, 0.2) is 0 Å². The van der Waals surface area contributed by atoms with Crippen LogP contribution in [0.3, 0.4) is 0 Å². The lowest BCUT2D eigenvalue weighted by Gasteiger charge is -2.12. The van der Waals surface area contributed by atoms with Crippen LogP contribution < -0.4 is 10.1 Å². The lowest BCUT2D eigenvalue weighted by atomic mass is 10.2. The molecule has 1 N–H and O–H groups in total. The molecule has 0 amide bonds. The van der Waals surface area contributed by atoms with Gasteiger partial charge in [-0.25, -0.2) is 0 Å². The first kappa shape index (κ1) is 16.2. The molecule has 0 radical (unpaired) electrons. The van der Waals surface area contributed by atoms with Crippen molar-refractivity contribution >= 4 is 15.9 Å². The van der Waals surface area contributed by atoms with Crippen LogP contribution in [0.25, 0.3) is 0 Å². The van der Waals surface area contributed by atoms with Gasteiger partial charge in [-0.15, -0.1) is 6.58 Å². The van der Waals surface area contributed by atoms with Crippen LogP contribution in [0.4, 0.5) is 0 Å². The molecule has 0 aliphatic carbocycles. The Labute approximate surface area is 124 Å². The smallest absolute Gasteiger partial charge is 0.123 e. The largest absolute Gasteiger partial charge is 0.493 e. The van der Waals surface area contributed by atoms with E-state index in [2.05, 4.69) is 33.9 Å². The van der Waals surface area contributed by atoms with Crippen LogP contribution in [-0.4, -0.2) is 26.9 Å². The van der Waals surface area contributed by atoms with E-state index in [4.69, 9.17) is 9.47 Å². The van der Waals surface area contributed by atoms with Crippen molar-refractivity contribution in [3.05, 3.63) is 40.9 Å². The van der Waals surface area contributed by atoms with Crippen LogP contribution >= 0.6 is 15.9 Å². The zero-order valence-electron chi connectivity index (χ0n) is 11.5. The Hall–Kier alpha value is -0.840. The minimum atomic E-state index is 0.712. The summed E-state index contributed by atoms with van der Waals surface area (Å²) in [5, 5.41) is 3.33. The van der Waals surface area contributed by atoms with Gasteiger partial charge in [-0.1, -0.05) is 22.0 Å². The minimum Gasteiger partial charge on any atom is -0.493 e. The lowest BCUT2D eigenvalue weighted by molar-refractivity contribution is 0.199. The molecular formula is C15H22BrNO2. The molecular weight excluding hydrogens is 306 g/mol. The molecule has 0 fully saturated rings. The van der Waals surface area contributed by atoms with Gasteiger partial charge in [0.05, 0.1) is 13.2 Å². The first-order chi connectivity index (χ1) is 9.27. The Balaban J connectivity index is 2.50. The molecule has 106 valence electrons. The van der Waals surface area contributed by atoms with Crippen LogP contribution in [0.2, 0.25) is 0 Å². The number of nitrogens with one attached hydrogen (secondary N) is 1. The van der Waals surface area contributed by atoms with Crippen molar-refractivity contribution in [1.82, 2.24) is 5.32 Å². The van der Waals surface area contributed by atoms with E-state index in [9.17, 15) is 0 Å². The molecule has 0 saturated heterocycles. The summed E-state index contributed by atoms with van der Waals surface area (Å²) in [6.45, 7) is 6.75. The van der Waals surface area contributed by atoms with Crippen molar-refractivity contribution in [2.24, 2.45) is 0 Å². The number of rotatable bonds is 10. The Kier molecular flexibility index (Phi) is 8.54. The third-order valence-corrected chi connectivity index (χ3v) is 3.12. The van der Waals surface area contributed by atoms with E-state index >= 15 is 0 Å². The predicted molar refractivity (Wildman–Crippen MR) is 82.7 cm³/mol. The van der Waals surface area contributed by atoms with E-state index in [1.54, 1.807) is 7.11 Å². The molecule has 0 spiro atoms. The Bertz CT molecular complexity index is 382. The van der Waals surface area contributed by atoms with Gasteiger partial charge in [-0.2, -0.15) is 0 Å². The van der Waals surface area contributed by atoms with E-state index in [0.29, 0.717) is 6.61 Å². The quantitative estimate of drug-likeness (QED) is 0.526. The fraction of sp³-hybridized carbons (Fsp3) is 0.467. The van der Waals surface area contributed by atoms with Gasteiger partial charge >= 0.3 is 0 Å². The number of hydrogen-bond acceptors (Lipinski definition) is 3. The van der Waals surface area contributed by atoms with Crippen LogP contribution in [0.5, 0.6) is 5.75 Å². The highest BCUT2D eigenvalue weighted by molar-refractivity contribution is 9.10. The number of allylic oxidation sites excluding steroid dienone is 1. The molecule has 19 heavy (non-hydrogen) atoms. The van der Waals surface area contributed by atoms with E-state index in [-0.39, 0.29) is 0 Å². The van der Waals surface area contributed by atoms with Crippen LogP contribution in [0, 0.1) is 0 Å². The molecule has 0 aliphatic heterocycles. The third kappa shape index (κ3) is 6.76. The maximum atomic E-state index is 5.81. The van der Waals surface area contributed by atoms with Crippen LogP contribution in [-0.2, 0) is 11.3 Å². The van der Waals surface area contributed by atoms with Crippen molar-refractivity contribution in [2.75, 3.05) is 26.9 Å². The fourth-order valence-electron chi connectivity index (χ4n) is 1.63. The number of halogens is 1. The van der Waals surface area contributed by atoms with Crippen molar-refractivity contribution < 1.29 is 9.47 Å². The van der Waals surface area contributed by atoms with Gasteiger partial charge in [-0.3, -0.25) is 0 Å². The number of methoxy groups -OCH3 is 1. The maximum absolute atomic E-state index is 5.81. The Morgan fingerprint density at radius 1 is 1.37 bits per heavy atom. The lowest BCUT2D eigenvalue weighted by Crippen LogP contribution is -2.19. The van der Waals surface area contributed by atoms with Crippen molar-refractivity contribution in [1.29, 1.82) is 0 Å². The summed E-state index contributed by atoms with van der Waals surface area (Å²) in [5.41, 5.74) is 1.16. The third-order valence-electron chi connectivity index (χ3n) is 2.63. The normalized spacial score (nSPS) is 10.4. The first-order valence-electron chi connectivity index (χ1n) is 6.49. The standard InChI is InChI=1S/C15H22BrNO2/c1-3-4-5-9-19-15-7-6-14(16)11-13(15)12-17-8-10-18-2/h3,6-7,11,17H,1,4-5,8-10,12H2,2H3. The number of hydrogen-bond donors (Lipinski definition) is 1. The highest BCUT2D eigenvalue weighted by Crippen LogP contribution is 2.23. The summed E-state index contributed by atoms with van der Waals surface area (Å²) in [4.78, 5) is 0. The molecule has 1 aromatic carbocycles. The molecule has 0 bridgehead atoms. The molecule has 3 nitrogen and oxygen atoms in total. The van der Waals surface area contributed by atoms with E-state index < -0.39 is 0 Å². The summed E-state index contributed by atoms with van der Waals surface area (Å²) >= 11 is 3.49. The van der Waals surface area contributed by atoms with E-state index in [1.165, 1.54) is 0 Å². The second-order valence-corrected chi connectivity index (χ2v) is 5.12. The van der Waals surface area contributed by atoms with Crippen molar-refractivity contribution in [3.8, 4) is 5.75 Å². The van der Waals surface area contributed by atoms with Crippen LogP contribution in [0.1, 0.15) is 18.4 Å². The van der Waals surface area contributed by atoms with E-state index in [1.807, 2.05) is 18.2 Å². The molecule has 0 saturated carbocycles. The first-order valence-corrected chi connectivity index (χ1v) is 7.29. The molecule has 4 heteroatoms. The average molecular weight is 328 g/mol. The second kappa shape index (κ2) is 10.0.